The number of hydrogen-bond acceptors (Lipinski definition) is 2. The van der Waals surface area contributed by atoms with Gasteiger partial charge in [0.2, 0.25) is 0 Å². The lowest BCUT2D eigenvalue weighted by Crippen LogP contribution is -1.94. The van der Waals surface area contributed by atoms with E-state index in [4.69, 9.17) is 11.5 Å². The minimum absolute atomic E-state index is 0.556. The maximum Gasteiger partial charge on any atom is 0.0482 e. The van der Waals surface area contributed by atoms with Crippen molar-refractivity contribution >= 4 is 16.6 Å². The summed E-state index contributed by atoms with van der Waals surface area (Å²) in [6, 6.07) is 5.89. The molecule has 0 aliphatic carbocycles. The SMILES string of the molecule is Cn1cc(CN)c2cc(N)ccc21. The topological polar surface area (TPSA) is 57.0 Å². The highest BCUT2D eigenvalue weighted by molar-refractivity contribution is 5.86. The van der Waals surface area contributed by atoms with Crippen LogP contribution >= 0.6 is 0 Å². The summed E-state index contributed by atoms with van der Waals surface area (Å²) >= 11 is 0. The number of benzene rings is 1. The molecular formula is C10H13N3. The van der Waals surface area contributed by atoms with Gasteiger partial charge >= 0.3 is 0 Å². The van der Waals surface area contributed by atoms with Crippen molar-refractivity contribution < 1.29 is 0 Å². The molecule has 0 aliphatic heterocycles. The van der Waals surface area contributed by atoms with E-state index in [-0.39, 0.29) is 0 Å². The number of aromatic nitrogens is 1. The van der Waals surface area contributed by atoms with E-state index < -0.39 is 0 Å². The lowest BCUT2D eigenvalue weighted by Gasteiger charge is -1.97. The minimum atomic E-state index is 0.556. The summed E-state index contributed by atoms with van der Waals surface area (Å²) < 4.78 is 2.07. The van der Waals surface area contributed by atoms with Gasteiger partial charge in [-0.05, 0) is 23.8 Å². The molecular weight excluding hydrogens is 162 g/mol. The van der Waals surface area contributed by atoms with Crippen LogP contribution in [0.25, 0.3) is 10.9 Å². The second-order valence-corrected chi connectivity index (χ2v) is 3.25. The maximum absolute atomic E-state index is 5.71. The fourth-order valence-corrected chi connectivity index (χ4v) is 1.65. The van der Waals surface area contributed by atoms with Crippen molar-refractivity contribution in [3.05, 3.63) is 30.0 Å². The van der Waals surface area contributed by atoms with Gasteiger partial charge in [0.1, 0.15) is 0 Å². The molecule has 0 atom stereocenters. The summed E-state index contributed by atoms with van der Waals surface area (Å²) in [6.07, 6.45) is 2.05. The van der Waals surface area contributed by atoms with Crippen molar-refractivity contribution in [3.63, 3.8) is 0 Å². The highest BCUT2D eigenvalue weighted by Crippen LogP contribution is 2.22. The van der Waals surface area contributed by atoms with Gasteiger partial charge in [-0.3, -0.25) is 0 Å². The van der Waals surface area contributed by atoms with Gasteiger partial charge in [0.05, 0.1) is 0 Å². The summed E-state index contributed by atoms with van der Waals surface area (Å²) in [7, 11) is 2.01. The molecule has 68 valence electrons. The van der Waals surface area contributed by atoms with Crippen LogP contribution < -0.4 is 11.5 Å². The highest BCUT2D eigenvalue weighted by Gasteiger charge is 2.04. The van der Waals surface area contributed by atoms with Gasteiger partial charge < -0.3 is 16.0 Å². The Bertz CT molecular complexity index is 443. The van der Waals surface area contributed by atoms with Gasteiger partial charge in [0.15, 0.2) is 0 Å². The molecule has 2 rings (SSSR count). The predicted molar refractivity (Wildman–Crippen MR) is 55.2 cm³/mol. The van der Waals surface area contributed by atoms with Crippen LogP contribution in [0.4, 0.5) is 5.69 Å². The van der Waals surface area contributed by atoms with Crippen molar-refractivity contribution in [2.24, 2.45) is 12.8 Å². The smallest absolute Gasteiger partial charge is 0.0482 e. The first-order valence-corrected chi connectivity index (χ1v) is 4.26. The third-order valence-electron chi connectivity index (χ3n) is 2.32. The fourth-order valence-electron chi connectivity index (χ4n) is 1.65. The van der Waals surface area contributed by atoms with E-state index in [1.54, 1.807) is 0 Å². The Labute approximate surface area is 76.9 Å². The largest absolute Gasteiger partial charge is 0.399 e. The van der Waals surface area contributed by atoms with Gasteiger partial charge in [-0.25, -0.2) is 0 Å². The van der Waals surface area contributed by atoms with Crippen molar-refractivity contribution in [3.8, 4) is 0 Å². The second-order valence-electron chi connectivity index (χ2n) is 3.25. The molecule has 0 aliphatic rings. The van der Waals surface area contributed by atoms with E-state index in [0.29, 0.717) is 6.54 Å². The molecule has 0 unspecified atom stereocenters. The Morgan fingerprint density at radius 2 is 2.15 bits per heavy atom. The van der Waals surface area contributed by atoms with Crippen LogP contribution in [0, 0.1) is 0 Å². The van der Waals surface area contributed by atoms with Crippen LogP contribution in [0.2, 0.25) is 0 Å². The molecule has 0 spiro atoms. The molecule has 3 heteroatoms. The van der Waals surface area contributed by atoms with Gasteiger partial charge in [-0.15, -0.1) is 0 Å². The lowest BCUT2D eigenvalue weighted by atomic mass is 10.1. The normalized spacial score (nSPS) is 10.9. The van der Waals surface area contributed by atoms with Crippen molar-refractivity contribution in [2.75, 3.05) is 5.73 Å². The Morgan fingerprint density at radius 1 is 1.38 bits per heavy atom. The molecule has 2 aromatic rings. The number of aryl methyl sites for hydroxylation is 1. The van der Waals surface area contributed by atoms with Crippen molar-refractivity contribution in [1.29, 1.82) is 0 Å². The average molecular weight is 175 g/mol. The van der Waals surface area contributed by atoms with Gasteiger partial charge in [-0.1, -0.05) is 0 Å². The van der Waals surface area contributed by atoms with Crippen LogP contribution in [-0.2, 0) is 13.6 Å². The maximum atomic E-state index is 5.71. The monoisotopic (exact) mass is 175 g/mol. The predicted octanol–water partition coefficient (Wildman–Crippen LogP) is 1.22. The number of rotatable bonds is 1. The molecule has 0 fully saturated rings. The Hall–Kier alpha value is -1.48. The van der Waals surface area contributed by atoms with Gasteiger partial charge in [0, 0.05) is 36.4 Å². The number of fused-ring (bicyclic) bond motifs is 1. The summed E-state index contributed by atoms with van der Waals surface area (Å²) in [5, 5.41) is 1.16. The molecule has 1 heterocycles. The van der Waals surface area contributed by atoms with Gasteiger partial charge in [-0.2, -0.15) is 0 Å². The lowest BCUT2D eigenvalue weighted by molar-refractivity contribution is 0.949. The molecule has 3 nitrogen and oxygen atoms in total. The first kappa shape index (κ1) is 8.13. The van der Waals surface area contributed by atoms with Crippen molar-refractivity contribution in [1.82, 2.24) is 4.57 Å². The molecule has 1 aromatic heterocycles. The molecule has 0 radical (unpaired) electrons. The van der Waals surface area contributed by atoms with E-state index in [9.17, 15) is 0 Å². The zero-order valence-electron chi connectivity index (χ0n) is 7.62. The number of anilines is 1. The fraction of sp³-hybridized carbons (Fsp3) is 0.200. The molecule has 4 N–H and O–H groups in total. The van der Waals surface area contributed by atoms with E-state index in [2.05, 4.69) is 4.57 Å². The van der Waals surface area contributed by atoms with E-state index in [0.717, 1.165) is 16.6 Å². The Balaban J connectivity index is 2.81. The summed E-state index contributed by atoms with van der Waals surface area (Å²) in [5.74, 6) is 0. The first-order chi connectivity index (χ1) is 6.22. The number of nitrogens with zero attached hydrogens (tertiary/aromatic N) is 1. The first-order valence-electron chi connectivity index (χ1n) is 4.26. The van der Waals surface area contributed by atoms with Crippen LogP contribution in [0.3, 0.4) is 0 Å². The third kappa shape index (κ3) is 1.17. The molecule has 0 saturated heterocycles. The van der Waals surface area contributed by atoms with Crippen LogP contribution in [0.5, 0.6) is 0 Å². The minimum Gasteiger partial charge on any atom is -0.399 e. The second kappa shape index (κ2) is 2.78. The molecule has 0 amide bonds. The molecule has 1 aromatic carbocycles. The highest BCUT2D eigenvalue weighted by atomic mass is 14.9. The zero-order valence-corrected chi connectivity index (χ0v) is 7.62. The third-order valence-corrected chi connectivity index (χ3v) is 2.32. The average Bonchev–Trinajstić information content (AvgIpc) is 2.42. The molecule has 0 saturated carbocycles. The molecule has 13 heavy (non-hydrogen) atoms. The summed E-state index contributed by atoms with van der Waals surface area (Å²) in [4.78, 5) is 0. The van der Waals surface area contributed by atoms with Crippen molar-refractivity contribution in [2.45, 2.75) is 6.54 Å². The van der Waals surface area contributed by atoms with E-state index in [1.165, 1.54) is 5.52 Å². The Morgan fingerprint density at radius 3 is 2.85 bits per heavy atom. The quantitative estimate of drug-likeness (QED) is 0.640. The standard InChI is InChI=1S/C10H13N3/c1-13-6-7(5-11)9-4-8(12)2-3-10(9)13/h2-4,6H,5,11-12H2,1H3. The van der Waals surface area contributed by atoms with E-state index in [1.807, 2.05) is 31.4 Å². The number of nitrogens with two attached hydrogens (primary N) is 2. The summed E-state index contributed by atoms with van der Waals surface area (Å²) in [5.41, 5.74) is 14.4. The van der Waals surface area contributed by atoms with E-state index >= 15 is 0 Å². The number of hydrogen-bond donors (Lipinski definition) is 2. The van der Waals surface area contributed by atoms with Gasteiger partial charge in [0.25, 0.3) is 0 Å². The zero-order chi connectivity index (χ0) is 9.42. The van der Waals surface area contributed by atoms with Crippen LogP contribution in [-0.4, -0.2) is 4.57 Å². The number of nitrogen functional groups attached to an aromatic ring is 1. The Kier molecular flexibility index (Phi) is 1.74. The molecule has 0 bridgehead atoms. The van der Waals surface area contributed by atoms with Crippen LogP contribution in [0.1, 0.15) is 5.56 Å². The van der Waals surface area contributed by atoms with Crippen LogP contribution in [0.15, 0.2) is 24.4 Å². The summed E-state index contributed by atoms with van der Waals surface area (Å²) in [6.45, 7) is 0.556.